The van der Waals surface area contributed by atoms with Crippen molar-refractivity contribution in [2.24, 2.45) is 0 Å². The zero-order chi connectivity index (χ0) is 15.1. The van der Waals surface area contributed by atoms with Gasteiger partial charge in [-0.3, -0.25) is 4.98 Å². The van der Waals surface area contributed by atoms with Crippen LogP contribution in [0.15, 0.2) is 53.7 Å². The maximum atomic E-state index is 12.6. The van der Waals surface area contributed by atoms with Crippen LogP contribution in [0.1, 0.15) is 12.0 Å². The number of hydrogen-bond acceptors (Lipinski definition) is 4. The Hall–Kier alpha value is -2.23. The van der Waals surface area contributed by atoms with Gasteiger partial charge in [-0.15, -0.1) is 0 Å². The normalized spacial score (nSPS) is 11.2. The molecule has 1 aromatic heterocycles. The molecule has 6 heteroatoms. The Morgan fingerprint density at radius 3 is 2.76 bits per heavy atom. The van der Waals surface area contributed by atoms with Gasteiger partial charge in [0.05, 0.1) is 11.0 Å². The molecule has 0 saturated carbocycles. The molecule has 0 bridgehead atoms. The highest BCUT2D eigenvalue weighted by atomic mass is 32.2. The molecule has 0 saturated heterocycles. The lowest BCUT2D eigenvalue weighted by atomic mass is 10.3. The van der Waals surface area contributed by atoms with Gasteiger partial charge in [0.2, 0.25) is 10.0 Å². The number of nitriles is 1. The van der Waals surface area contributed by atoms with Crippen molar-refractivity contribution in [3.8, 4) is 6.07 Å². The zero-order valence-corrected chi connectivity index (χ0v) is 12.1. The van der Waals surface area contributed by atoms with Crippen LogP contribution in [-0.4, -0.2) is 24.3 Å². The summed E-state index contributed by atoms with van der Waals surface area (Å²) in [5, 5.41) is 8.73. The van der Waals surface area contributed by atoms with Crippen LogP contribution < -0.4 is 0 Å². The van der Waals surface area contributed by atoms with Crippen LogP contribution in [0.2, 0.25) is 0 Å². The third-order valence-corrected chi connectivity index (χ3v) is 4.65. The molecular formula is C15H14N3O2S. The second-order valence-electron chi connectivity index (χ2n) is 4.33. The third kappa shape index (κ3) is 3.88. The predicted octanol–water partition coefficient (Wildman–Crippen LogP) is 1.99. The van der Waals surface area contributed by atoms with Gasteiger partial charge in [-0.1, -0.05) is 24.3 Å². The minimum atomic E-state index is -3.67. The van der Waals surface area contributed by atoms with Gasteiger partial charge in [-0.25, -0.2) is 8.42 Å². The molecule has 1 radical (unpaired) electrons. The highest BCUT2D eigenvalue weighted by molar-refractivity contribution is 7.89. The van der Waals surface area contributed by atoms with Gasteiger partial charge >= 0.3 is 0 Å². The number of nitrogens with zero attached hydrogens (tertiary/aromatic N) is 3. The summed E-state index contributed by atoms with van der Waals surface area (Å²) in [6.07, 6.45) is 3.37. The average molecular weight is 300 g/mol. The lowest BCUT2D eigenvalue weighted by molar-refractivity contribution is 0.412. The van der Waals surface area contributed by atoms with E-state index in [-0.39, 0.29) is 24.4 Å². The summed E-state index contributed by atoms with van der Waals surface area (Å²) in [6, 6.07) is 14.7. The molecule has 0 unspecified atom stereocenters. The summed E-state index contributed by atoms with van der Waals surface area (Å²) < 4.78 is 26.5. The molecule has 2 aromatic rings. The van der Waals surface area contributed by atoms with Gasteiger partial charge in [0.15, 0.2) is 0 Å². The minimum Gasteiger partial charge on any atom is -0.264 e. The van der Waals surface area contributed by atoms with Gasteiger partial charge in [0.25, 0.3) is 0 Å². The molecule has 2 rings (SSSR count). The summed E-state index contributed by atoms with van der Waals surface area (Å²) in [6.45, 7) is 0.317. The molecule has 0 atom stereocenters. The van der Waals surface area contributed by atoms with Crippen molar-refractivity contribution < 1.29 is 8.42 Å². The number of benzene rings is 1. The molecular weight excluding hydrogens is 286 g/mol. The maximum Gasteiger partial charge on any atom is 0.244 e. The van der Waals surface area contributed by atoms with Crippen LogP contribution in [0, 0.1) is 17.4 Å². The molecule has 107 valence electrons. The first-order valence-corrected chi connectivity index (χ1v) is 7.81. The summed E-state index contributed by atoms with van der Waals surface area (Å²) in [5.74, 6) is 0. The number of sulfonamides is 1. The number of pyridine rings is 1. The molecule has 0 amide bonds. The number of aromatic nitrogens is 1. The predicted molar refractivity (Wildman–Crippen MR) is 77.3 cm³/mol. The van der Waals surface area contributed by atoms with Gasteiger partial charge < -0.3 is 0 Å². The van der Waals surface area contributed by atoms with E-state index in [1.807, 2.05) is 6.07 Å². The molecule has 0 spiro atoms. The van der Waals surface area contributed by atoms with E-state index in [0.29, 0.717) is 0 Å². The van der Waals surface area contributed by atoms with Crippen molar-refractivity contribution in [3.63, 3.8) is 0 Å². The minimum absolute atomic E-state index is 0.104. The Balaban J connectivity index is 2.30. The first kappa shape index (κ1) is 15.2. The highest BCUT2D eigenvalue weighted by Gasteiger charge is 2.24. The van der Waals surface area contributed by atoms with E-state index < -0.39 is 10.0 Å². The molecule has 5 nitrogen and oxygen atoms in total. The fraction of sp³-hybridized carbons (Fsp3) is 0.200. The smallest absolute Gasteiger partial charge is 0.244 e. The monoisotopic (exact) mass is 300 g/mol. The van der Waals surface area contributed by atoms with Crippen LogP contribution >= 0.6 is 0 Å². The van der Waals surface area contributed by atoms with E-state index in [2.05, 4.69) is 11.1 Å². The van der Waals surface area contributed by atoms with Crippen LogP contribution in [0.3, 0.4) is 0 Å². The van der Waals surface area contributed by atoms with Crippen molar-refractivity contribution in [2.45, 2.75) is 17.9 Å². The summed E-state index contributed by atoms with van der Waals surface area (Å²) in [4.78, 5) is 4.08. The molecule has 0 N–H and O–H groups in total. The molecule has 1 heterocycles. The van der Waals surface area contributed by atoms with Crippen molar-refractivity contribution >= 4 is 10.0 Å². The molecule has 1 aromatic carbocycles. The first-order valence-electron chi connectivity index (χ1n) is 6.37. The molecule has 0 aliphatic heterocycles. The fourth-order valence-corrected chi connectivity index (χ4v) is 3.23. The van der Waals surface area contributed by atoms with Gasteiger partial charge in [-0.05, 0) is 17.7 Å². The Labute approximate surface area is 124 Å². The SMILES string of the molecule is N#CCCN(Cc1cccnc1)S(=O)(=O)c1[c]cccc1. The van der Waals surface area contributed by atoms with Crippen molar-refractivity contribution in [1.82, 2.24) is 9.29 Å². The highest BCUT2D eigenvalue weighted by Crippen LogP contribution is 2.17. The molecule has 0 aliphatic carbocycles. The second kappa shape index (κ2) is 6.97. The lowest BCUT2D eigenvalue weighted by Gasteiger charge is -2.21. The molecule has 0 fully saturated rings. The zero-order valence-electron chi connectivity index (χ0n) is 11.3. The van der Waals surface area contributed by atoms with E-state index in [1.165, 1.54) is 10.4 Å². The Morgan fingerprint density at radius 2 is 2.14 bits per heavy atom. The third-order valence-electron chi connectivity index (χ3n) is 2.85. The lowest BCUT2D eigenvalue weighted by Crippen LogP contribution is -2.31. The van der Waals surface area contributed by atoms with E-state index in [9.17, 15) is 8.42 Å². The molecule has 0 aliphatic rings. The van der Waals surface area contributed by atoms with E-state index >= 15 is 0 Å². The average Bonchev–Trinajstić information content (AvgIpc) is 2.53. The summed E-state index contributed by atoms with van der Waals surface area (Å²) >= 11 is 0. The quantitative estimate of drug-likeness (QED) is 0.817. The largest absolute Gasteiger partial charge is 0.264 e. The fourth-order valence-electron chi connectivity index (χ4n) is 1.83. The van der Waals surface area contributed by atoms with Crippen LogP contribution in [0.25, 0.3) is 0 Å². The van der Waals surface area contributed by atoms with Crippen molar-refractivity contribution in [2.75, 3.05) is 6.54 Å². The van der Waals surface area contributed by atoms with Crippen molar-refractivity contribution in [3.05, 3.63) is 60.4 Å². The molecule has 21 heavy (non-hydrogen) atoms. The van der Waals surface area contributed by atoms with Crippen molar-refractivity contribution in [1.29, 1.82) is 5.26 Å². The first-order chi connectivity index (χ1) is 10.1. The second-order valence-corrected chi connectivity index (χ2v) is 6.24. The van der Waals surface area contributed by atoms with E-state index in [4.69, 9.17) is 5.26 Å². The Morgan fingerprint density at radius 1 is 1.29 bits per heavy atom. The summed E-state index contributed by atoms with van der Waals surface area (Å²) in [5.41, 5.74) is 0.773. The van der Waals surface area contributed by atoms with Gasteiger partial charge in [-0.2, -0.15) is 9.57 Å². The number of rotatable bonds is 6. The van der Waals surface area contributed by atoms with Crippen LogP contribution in [-0.2, 0) is 16.6 Å². The Bertz CT molecular complexity index is 710. The van der Waals surface area contributed by atoms with Gasteiger partial charge in [0, 0.05) is 38.0 Å². The summed E-state index contributed by atoms with van der Waals surface area (Å²) in [7, 11) is -3.67. The van der Waals surface area contributed by atoms with Crippen LogP contribution in [0.4, 0.5) is 0 Å². The van der Waals surface area contributed by atoms with Gasteiger partial charge in [0.1, 0.15) is 0 Å². The van der Waals surface area contributed by atoms with E-state index in [1.54, 1.807) is 42.7 Å². The topological polar surface area (TPSA) is 74.1 Å². The Kier molecular flexibility index (Phi) is 5.04. The standard InChI is InChI=1S/C15H14N3O2S/c16-9-5-11-18(13-14-6-4-10-17-12-14)21(19,20)15-7-2-1-3-8-15/h1-4,6-7,10,12H,5,11,13H2. The maximum absolute atomic E-state index is 12.6. The number of hydrogen-bond donors (Lipinski definition) is 0. The van der Waals surface area contributed by atoms with Crippen LogP contribution in [0.5, 0.6) is 0 Å². The van der Waals surface area contributed by atoms with E-state index in [0.717, 1.165) is 5.56 Å².